The molecule has 7 heteroatoms. The summed E-state index contributed by atoms with van der Waals surface area (Å²) in [6, 6.07) is 0. The van der Waals surface area contributed by atoms with Crippen LogP contribution in [0.25, 0.3) is 0 Å². The summed E-state index contributed by atoms with van der Waals surface area (Å²) in [5, 5.41) is 0.751. The highest BCUT2D eigenvalue weighted by Gasteiger charge is 2.28. The first-order valence-corrected chi connectivity index (χ1v) is 9.18. The maximum absolute atomic E-state index is 11.2. The van der Waals surface area contributed by atoms with E-state index in [1.807, 2.05) is 6.92 Å². The molecule has 0 aromatic carbocycles. The van der Waals surface area contributed by atoms with E-state index in [9.17, 15) is 8.42 Å². The van der Waals surface area contributed by atoms with Crippen molar-refractivity contribution in [3.8, 4) is 5.75 Å². The summed E-state index contributed by atoms with van der Waals surface area (Å²) in [5.74, 6) is 2.61. The number of sulfone groups is 1. The zero-order valence-electron chi connectivity index (χ0n) is 11.3. The van der Waals surface area contributed by atoms with Crippen molar-refractivity contribution < 1.29 is 13.2 Å². The molecule has 2 rings (SSSR count). The van der Waals surface area contributed by atoms with Crippen LogP contribution >= 0.6 is 11.8 Å². The Morgan fingerprint density at radius 2 is 2.05 bits per heavy atom. The Balaban J connectivity index is 2.16. The number of aryl methyl sites for hydroxylation is 1. The Kier molecular flexibility index (Phi) is 4.35. The number of thioether (sulfide) groups is 1. The van der Waals surface area contributed by atoms with Crippen molar-refractivity contribution in [1.82, 2.24) is 9.97 Å². The van der Waals surface area contributed by atoms with Gasteiger partial charge in [-0.1, -0.05) is 0 Å². The average molecular weight is 302 g/mol. The standard InChI is InChI=1S/C12H18N2O3S2/c1-8-10(17-2)12(18-6-7-19(3,15)16)14-11(13-8)9-4-5-9/h9H,4-7H2,1-3H3. The molecule has 1 aliphatic carbocycles. The van der Waals surface area contributed by atoms with Crippen LogP contribution in [0, 0.1) is 6.92 Å². The van der Waals surface area contributed by atoms with Gasteiger partial charge in [-0.2, -0.15) is 0 Å². The minimum absolute atomic E-state index is 0.142. The van der Waals surface area contributed by atoms with E-state index in [4.69, 9.17) is 4.74 Å². The molecule has 0 saturated heterocycles. The van der Waals surface area contributed by atoms with Gasteiger partial charge in [0.05, 0.1) is 18.6 Å². The van der Waals surface area contributed by atoms with Crippen molar-refractivity contribution in [1.29, 1.82) is 0 Å². The SMILES string of the molecule is COc1c(C)nc(C2CC2)nc1SCCS(C)(=O)=O. The first kappa shape index (κ1) is 14.6. The fourth-order valence-electron chi connectivity index (χ4n) is 1.70. The molecule has 0 unspecified atom stereocenters. The fraction of sp³-hybridized carbons (Fsp3) is 0.667. The summed E-state index contributed by atoms with van der Waals surface area (Å²) in [6.07, 6.45) is 3.52. The molecule has 1 saturated carbocycles. The van der Waals surface area contributed by atoms with Crippen LogP contribution in [0.3, 0.4) is 0 Å². The van der Waals surface area contributed by atoms with Gasteiger partial charge in [-0.05, 0) is 19.8 Å². The van der Waals surface area contributed by atoms with Gasteiger partial charge in [0.15, 0.2) is 5.75 Å². The monoisotopic (exact) mass is 302 g/mol. The van der Waals surface area contributed by atoms with Crippen molar-refractivity contribution in [2.24, 2.45) is 0 Å². The van der Waals surface area contributed by atoms with Crippen molar-refractivity contribution in [2.75, 3.05) is 24.9 Å². The van der Waals surface area contributed by atoms with E-state index in [2.05, 4.69) is 9.97 Å². The molecule has 1 heterocycles. The van der Waals surface area contributed by atoms with Crippen LogP contribution < -0.4 is 4.74 Å². The number of aromatic nitrogens is 2. The Bertz CT molecular complexity index is 569. The second-order valence-electron chi connectivity index (χ2n) is 4.76. The van der Waals surface area contributed by atoms with Gasteiger partial charge in [-0.15, -0.1) is 11.8 Å². The fourth-order valence-corrected chi connectivity index (χ4v) is 3.96. The zero-order chi connectivity index (χ0) is 14.0. The minimum Gasteiger partial charge on any atom is -0.492 e. The van der Waals surface area contributed by atoms with Gasteiger partial charge in [0.1, 0.15) is 20.7 Å². The number of rotatable bonds is 6. The summed E-state index contributed by atoms with van der Waals surface area (Å²) < 4.78 is 27.6. The molecule has 0 aliphatic heterocycles. The lowest BCUT2D eigenvalue weighted by atomic mass is 10.3. The average Bonchev–Trinajstić information content (AvgIpc) is 3.10. The van der Waals surface area contributed by atoms with E-state index >= 15 is 0 Å². The normalized spacial score (nSPS) is 15.5. The third kappa shape index (κ3) is 4.07. The number of nitrogens with zero attached hydrogens (tertiary/aromatic N) is 2. The minimum atomic E-state index is -2.94. The Hall–Kier alpha value is -0.820. The van der Waals surface area contributed by atoms with Crippen LogP contribution in [0.5, 0.6) is 5.75 Å². The van der Waals surface area contributed by atoms with Gasteiger partial charge in [-0.3, -0.25) is 0 Å². The van der Waals surface area contributed by atoms with Crippen molar-refractivity contribution >= 4 is 21.6 Å². The molecule has 1 aliphatic rings. The number of methoxy groups -OCH3 is 1. The van der Waals surface area contributed by atoms with Gasteiger partial charge in [-0.25, -0.2) is 18.4 Å². The molecule has 0 atom stereocenters. The number of hydrogen-bond acceptors (Lipinski definition) is 6. The topological polar surface area (TPSA) is 69.2 Å². The van der Waals surface area contributed by atoms with Gasteiger partial charge >= 0.3 is 0 Å². The summed E-state index contributed by atoms with van der Waals surface area (Å²) >= 11 is 1.42. The van der Waals surface area contributed by atoms with E-state index in [1.54, 1.807) is 7.11 Å². The predicted molar refractivity (Wildman–Crippen MR) is 75.7 cm³/mol. The molecule has 106 valence electrons. The quantitative estimate of drug-likeness (QED) is 0.589. The third-order valence-corrected chi connectivity index (χ3v) is 5.02. The first-order valence-electron chi connectivity index (χ1n) is 6.14. The van der Waals surface area contributed by atoms with Gasteiger partial charge in [0.2, 0.25) is 0 Å². The van der Waals surface area contributed by atoms with Crippen molar-refractivity contribution in [2.45, 2.75) is 30.7 Å². The highest BCUT2D eigenvalue weighted by atomic mass is 32.2. The number of ether oxygens (including phenoxy) is 1. The molecule has 1 aromatic rings. The third-order valence-electron chi connectivity index (χ3n) is 2.86. The van der Waals surface area contributed by atoms with Crippen LogP contribution in [0.2, 0.25) is 0 Å². The van der Waals surface area contributed by atoms with E-state index in [1.165, 1.54) is 18.0 Å². The van der Waals surface area contributed by atoms with Gasteiger partial charge in [0.25, 0.3) is 0 Å². The number of hydrogen-bond donors (Lipinski definition) is 0. The van der Waals surface area contributed by atoms with Crippen LogP contribution in [0.1, 0.15) is 30.3 Å². The highest BCUT2D eigenvalue weighted by Crippen LogP contribution is 2.40. The van der Waals surface area contributed by atoms with Crippen LogP contribution in [0.15, 0.2) is 5.03 Å². The Morgan fingerprint density at radius 1 is 1.37 bits per heavy atom. The van der Waals surface area contributed by atoms with Crippen LogP contribution in [0.4, 0.5) is 0 Å². The molecule has 1 aromatic heterocycles. The van der Waals surface area contributed by atoms with E-state index < -0.39 is 9.84 Å². The molecule has 0 N–H and O–H groups in total. The van der Waals surface area contributed by atoms with Crippen LogP contribution in [-0.4, -0.2) is 43.3 Å². The molecule has 0 bridgehead atoms. The molecular formula is C12H18N2O3S2. The van der Waals surface area contributed by atoms with Gasteiger partial charge in [0, 0.05) is 17.9 Å². The first-order chi connectivity index (χ1) is 8.90. The second kappa shape index (κ2) is 5.66. The van der Waals surface area contributed by atoms with Gasteiger partial charge < -0.3 is 4.74 Å². The molecule has 0 amide bonds. The zero-order valence-corrected chi connectivity index (χ0v) is 13.0. The van der Waals surface area contributed by atoms with E-state index in [-0.39, 0.29) is 5.75 Å². The summed E-state index contributed by atoms with van der Waals surface area (Å²) in [5.41, 5.74) is 0.821. The lowest BCUT2D eigenvalue weighted by molar-refractivity contribution is 0.393. The smallest absolute Gasteiger partial charge is 0.172 e. The predicted octanol–water partition coefficient (Wildman–Crippen LogP) is 1.81. The molecule has 19 heavy (non-hydrogen) atoms. The van der Waals surface area contributed by atoms with Crippen molar-refractivity contribution in [3.63, 3.8) is 0 Å². The maximum Gasteiger partial charge on any atom is 0.172 e. The molecule has 0 spiro atoms. The summed E-state index contributed by atoms with van der Waals surface area (Å²) in [6.45, 7) is 1.90. The summed E-state index contributed by atoms with van der Waals surface area (Å²) in [7, 11) is -1.36. The largest absolute Gasteiger partial charge is 0.492 e. The molecule has 0 radical (unpaired) electrons. The molecule has 1 fully saturated rings. The second-order valence-corrected chi connectivity index (χ2v) is 8.10. The van der Waals surface area contributed by atoms with Crippen LogP contribution in [-0.2, 0) is 9.84 Å². The summed E-state index contributed by atoms with van der Waals surface area (Å²) in [4.78, 5) is 8.97. The van der Waals surface area contributed by atoms with E-state index in [0.717, 1.165) is 29.4 Å². The molecule has 5 nitrogen and oxygen atoms in total. The Morgan fingerprint density at radius 3 is 2.58 bits per heavy atom. The van der Waals surface area contributed by atoms with Crippen molar-refractivity contribution in [3.05, 3.63) is 11.5 Å². The molecular weight excluding hydrogens is 284 g/mol. The van der Waals surface area contributed by atoms with E-state index in [0.29, 0.717) is 17.4 Å². The lowest BCUT2D eigenvalue weighted by Crippen LogP contribution is -2.07. The Labute approximate surface area is 118 Å². The highest BCUT2D eigenvalue weighted by molar-refractivity contribution is 8.00. The maximum atomic E-state index is 11.2. The lowest BCUT2D eigenvalue weighted by Gasteiger charge is -2.11.